The number of carbonyl (C=O) groups excluding carboxylic acids is 3. The molecule has 1 rings (SSSR count). The lowest BCUT2D eigenvalue weighted by Crippen LogP contribution is -2.57. The summed E-state index contributed by atoms with van der Waals surface area (Å²) in [5.41, 5.74) is 9.04. The van der Waals surface area contributed by atoms with Gasteiger partial charge in [-0.2, -0.15) is 0 Å². The van der Waals surface area contributed by atoms with Gasteiger partial charge in [-0.1, -0.05) is 49.3 Å². The highest BCUT2D eigenvalue weighted by atomic mass is 16.5. The Kier molecular flexibility index (Phi) is 14.7. The summed E-state index contributed by atoms with van der Waals surface area (Å²) < 4.78 is 10.5. The first kappa shape index (κ1) is 29.9. The largest absolute Gasteiger partial charge is 0.461 e. The first-order valence-electron chi connectivity index (χ1n) is 11.5. The molecule has 12 heteroatoms. The van der Waals surface area contributed by atoms with Gasteiger partial charge in [0.05, 0.1) is 31.7 Å². The van der Waals surface area contributed by atoms with Crippen LogP contribution in [0.2, 0.25) is 0 Å². The third-order valence-corrected chi connectivity index (χ3v) is 4.74. The number of benzene rings is 1. The molecule has 0 spiro atoms. The quantitative estimate of drug-likeness (QED) is 0.0634. The van der Waals surface area contributed by atoms with E-state index in [1.165, 1.54) is 6.92 Å². The van der Waals surface area contributed by atoms with Crippen LogP contribution < -0.4 is 16.0 Å². The highest BCUT2D eigenvalue weighted by Crippen LogP contribution is 2.10. The summed E-state index contributed by atoms with van der Waals surface area (Å²) in [5.74, 6) is -1.32. The smallest absolute Gasteiger partial charge is 0.308 e. The number of hydrogen-bond acceptors (Lipinski definition) is 8. The van der Waals surface area contributed by atoms with Crippen LogP contribution in [0.4, 0.5) is 0 Å². The van der Waals surface area contributed by atoms with Gasteiger partial charge in [-0.15, -0.1) is 0 Å². The topological polar surface area (TPSA) is 175 Å². The van der Waals surface area contributed by atoms with E-state index in [-0.39, 0.29) is 51.2 Å². The first-order chi connectivity index (χ1) is 16.7. The third kappa shape index (κ3) is 14.0. The number of aliphatic hydroxyl groups excluding tert-OH is 1. The number of carbonyl (C=O) groups is 3. The summed E-state index contributed by atoms with van der Waals surface area (Å²) in [6, 6.07) is 7.34. The normalized spacial score (nSPS) is 13.3. The SMILES string of the molecule is CC(=O)N[C@H](CC(C)C)C(O)N[C@@H](CC(=O)OCc1ccccc1)C(=O)NCCOCCN=[N+]=[N-]. The van der Waals surface area contributed by atoms with Crippen LogP contribution in [0.15, 0.2) is 35.4 Å². The minimum absolute atomic E-state index is 0.0530. The monoisotopic (exact) mass is 492 g/mol. The highest BCUT2D eigenvalue weighted by molar-refractivity contribution is 5.86. The summed E-state index contributed by atoms with van der Waals surface area (Å²) in [6.07, 6.45) is -1.15. The zero-order chi connectivity index (χ0) is 26.1. The molecule has 2 amide bonds. The van der Waals surface area contributed by atoms with E-state index in [9.17, 15) is 19.5 Å². The Bertz CT molecular complexity index is 831. The molecule has 0 aliphatic rings. The van der Waals surface area contributed by atoms with Crippen molar-refractivity contribution in [1.29, 1.82) is 0 Å². The van der Waals surface area contributed by atoms with Crippen molar-refractivity contribution in [3.63, 3.8) is 0 Å². The van der Waals surface area contributed by atoms with Gasteiger partial charge in [0.25, 0.3) is 0 Å². The van der Waals surface area contributed by atoms with Gasteiger partial charge in [0.15, 0.2) is 0 Å². The predicted octanol–water partition coefficient (Wildman–Crippen LogP) is 1.39. The molecule has 0 heterocycles. The van der Waals surface area contributed by atoms with Gasteiger partial charge >= 0.3 is 5.97 Å². The molecule has 1 aromatic carbocycles. The third-order valence-electron chi connectivity index (χ3n) is 4.74. The van der Waals surface area contributed by atoms with Crippen LogP contribution in [-0.2, 0) is 30.5 Å². The molecule has 194 valence electrons. The van der Waals surface area contributed by atoms with Gasteiger partial charge in [-0.3, -0.25) is 19.7 Å². The van der Waals surface area contributed by atoms with Crippen molar-refractivity contribution in [3.8, 4) is 0 Å². The second-order valence-corrected chi connectivity index (χ2v) is 8.31. The molecular weight excluding hydrogens is 456 g/mol. The zero-order valence-electron chi connectivity index (χ0n) is 20.5. The summed E-state index contributed by atoms with van der Waals surface area (Å²) in [5, 5.41) is 22.1. The van der Waals surface area contributed by atoms with E-state index in [1.807, 2.05) is 44.2 Å². The molecule has 3 atom stereocenters. The van der Waals surface area contributed by atoms with Crippen LogP contribution >= 0.6 is 0 Å². The fourth-order valence-electron chi connectivity index (χ4n) is 3.17. The standard InChI is InChI=1S/C23H36N6O6/c1-16(2)13-19(27-17(3)30)23(33)28-20(22(32)25-9-11-34-12-10-26-29-24)14-21(31)35-15-18-7-5-4-6-8-18/h4-8,16,19-20,23,28,33H,9-15H2,1-3H3,(H,25,32)(H,27,30)/t19-,20+,23?/m1/s1. The number of nitrogens with zero attached hydrogens (tertiary/aromatic N) is 3. The van der Waals surface area contributed by atoms with E-state index >= 15 is 0 Å². The van der Waals surface area contributed by atoms with Crippen molar-refractivity contribution in [2.75, 3.05) is 26.3 Å². The summed E-state index contributed by atoms with van der Waals surface area (Å²) in [7, 11) is 0. The van der Waals surface area contributed by atoms with Gasteiger partial charge in [-0.25, -0.2) is 0 Å². The fourth-order valence-corrected chi connectivity index (χ4v) is 3.17. The molecule has 0 saturated carbocycles. The Hall–Kier alpha value is -3.18. The maximum absolute atomic E-state index is 12.8. The van der Waals surface area contributed by atoms with Gasteiger partial charge in [-0.05, 0) is 23.4 Å². The molecular formula is C23H36N6O6. The van der Waals surface area contributed by atoms with Crippen molar-refractivity contribution < 1.29 is 29.0 Å². The van der Waals surface area contributed by atoms with E-state index in [1.54, 1.807) is 0 Å². The summed E-state index contributed by atoms with van der Waals surface area (Å²) >= 11 is 0. The molecule has 0 aliphatic heterocycles. The van der Waals surface area contributed by atoms with Gasteiger partial charge < -0.3 is 25.2 Å². The molecule has 0 aromatic heterocycles. The average molecular weight is 493 g/mol. The van der Waals surface area contributed by atoms with Crippen LogP contribution in [0, 0.1) is 5.92 Å². The fraction of sp³-hybridized carbons (Fsp3) is 0.609. The number of esters is 1. The molecule has 0 aliphatic carbocycles. The Labute approximate surface area is 205 Å². The van der Waals surface area contributed by atoms with Crippen molar-refractivity contribution in [2.45, 2.75) is 58.5 Å². The Morgan fingerprint density at radius 1 is 1.17 bits per heavy atom. The van der Waals surface area contributed by atoms with E-state index in [0.717, 1.165) is 5.56 Å². The molecule has 0 saturated heterocycles. The van der Waals surface area contributed by atoms with Gasteiger partial charge in [0.1, 0.15) is 12.8 Å². The van der Waals surface area contributed by atoms with Crippen LogP contribution in [-0.4, -0.2) is 67.5 Å². The Morgan fingerprint density at radius 3 is 2.51 bits per heavy atom. The second-order valence-electron chi connectivity index (χ2n) is 8.31. The molecule has 1 unspecified atom stereocenters. The minimum Gasteiger partial charge on any atom is -0.461 e. The number of rotatable bonds is 17. The molecule has 35 heavy (non-hydrogen) atoms. The average Bonchev–Trinajstić information content (AvgIpc) is 2.81. The second kappa shape index (κ2) is 17.3. The van der Waals surface area contributed by atoms with Crippen molar-refractivity contribution in [2.24, 2.45) is 11.0 Å². The molecule has 1 aromatic rings. The number of aliphatic hydroxyl groups is 1. The number of amides is 2. The van der Waals surface area contributed by atoms with E-state index < -0.39 is 30.2 Å². The number of ether oxygens (including phenoxy) is 2. The first-order valence-corrected chi connectivity index (χ1v) is 11.5. The van der Waals surface area contributed by atoms with E-state index in [2.05, 4.69) is 26.0 Å². The number of azide groups is 1. The van der Waals surface area contributed by atoms with Crippen LogP contribution in [0.1, 0.15) is 39.2 Å². The predicted molar refractivity (Wildman–Crippen MR) is 129 cm³/mol. The van der Waals surface area contributed by atoms with Gasteiger partial charge in [0, 0.05) is 24.9 Å². The zero-order valence-corrected chi connectivity index (χ0v) is 20.5. The molecule has 0 radical (unpaired) electrons. The Morgan fingerprint density at radius 2 is 1.89 bits per heavy atom. The van der Waals surface area contributed by atoms with Crippen LogP contribution in [0.25, 0.3) is 10.4 Å². The van der Waals surface area contributed by atoms with Crippen molar-refractivity contribution >= 4 is 17.8 Å². The number of hydrogen-bond donors (Lipinski definition) is 4. The van der Waals surface area contributed by atoms with Gasteiger partial charge in [0.2, 0.25) is 11.8 Å². The molecule has 12 nitrogen and oxygen atoms in total. The van der Waals surface area contributed by atoms with Crippen molar-refractivity contribution in [3.05, 3.63) is 46.3 Å². The minimum atomic E-state index is -1.28. The lowest BCUT2D eigenvalue weighted by atomic mass is 10.0. The molecule has 0 bridgehead atoms. The number of nitrogens with one attached hydrogen (secondary N) is 3. The van der Waals surface area contributed by atoms with Crippen molar-refractivity contribution in [1.82, 2.24) is 16.0 Å². The maximum atomic E-state index is 12.8. The maximum Gasteiger partial charge on any atom is 0.308 e. The van der Waals surface area contributed by atoms with E-state index in [0.29, 0.717) is 6.42 Å². The van der Waals surface area contributed by atoms with Crippen LogP contribution in [0.3, 0.4) is 0 Å². The summed E-state index contributed by atoms with van der Waals surface area (Å²) in [6.45, 7) is 5.97. The van der Waals surface area contributed by atoms with E-state index in [4.69, 9.17) is 15.0 Å². The summed E-state index contributed by atoms with van der Waals surface area (Å²) in [4.78, 5) is 39.4. The lowest BCUT2D eigenvalue weighted by Gasteiger charge is -2.29. The highest BCUT2D eigenvalue weighted by Gasteiger charge is 2.29. The van der Waals surface area contributed by atoms with Crippen LogP contribution in [0.5, 0.6) is 0 Å². The lowest BCUT2D eigenvalue weighted by molar-refractivity contribution is -0.147. The molecule has 0 fully saturated rings. The molecule has 4 N–H and O–H groups in total. The Balaban J connectivity index is 2.76.